The molecule has 10 nitrogen and oxygen atoms in total. The molecule has 0 radical (unpaired) electrons. The van der Waals surface area contributed by atoms with Gasteiger partial charge in [-0.3, -0.25) is 0 Å². The van der Waals surface area contributed by atoms with Gasteiger partial charge >= 0.3 is 0 Å². The number of hydrogen-bond acceptors (Lipinski definition) is 10. The molecule has 0 spiro atoms. The van der Waals surface area contributed by atoms with Crippen LogP contribution in [-0.2, 0) is 87.0 Å². The van der Waals surface area contributed by atoms with Gasteiger partial charge in [-0.1, -0.05) is 188 Å². The summed E-state index contributed by atoms with van der Waals surface area (Å²) in [6.45, 7) is 6.26. The molecule has 0 saturated carbocycles. The molecule has 2 fully saturated rings. The number of rotatable bonds is 24. The summed E-state index contributed by atoms with van der Waals surface area (Å²) in [4.78, 5) is 0. The standard InChI is InChI=1S/C56H60O10/c1-2-33-57-56-54(63-39-47-31-19-8-20-32-47)52(61-37-45-27-15-6-16-28-45)51(60-36-44-25-13-5-14-26-44)49(66-56)41-65-55-53(62-38-46-29-17-7-18-30-46)50(59-35-43-23-11-4-12-24-43)48(40-64-55)58-34-42-21-9-3-10-22-42/h2-32,48-56H,1,33-41H2/t48-,49-,50+,51-,52+,53-,54-,55-,56+/m1/s1. The van der Waals surface area contributed by atoms with E-state index >= 15 is 0 Å². The average molecular weight is 893 g/mol. The van der Waals surface area contributed by atoms with E-state index in [2.05, 4.69) is 6.58 Å². The van der Waals surface area contributed by atoms with Crippen LogP contribution in [-0.4, -0.2) is 75.1 Å². The highest BCUT2D eigenvalue weighted by Gasteiger charge is 2.50. The number of benzene rings is 6. The zero-order valence-electron chi connectivity index (χ0n) is 37.2. The van der Waals surface area contributed by atoms with Crippen molar-refractivity contribution in [2.24, 2.45) is 0 Å². The summed E-state index contributed by atoms with van der Waals surface area (Å²) in [5, 5.41) is 0. The van der Waals surface area contributed by atoms with Crippen LogP contribution in [0.5, 0.6) is 0 Å². The highest BCUT2D eigenvalue weighted by Crippen LogP contribution is 2.33. The summed E-state index contributed by atoms with van der Waals surface area (Å²) in [5.74, 6) is 0. The number of hydrogen-bond donors (Lipinski definition) is 0. The summed E-state index contributed by atoms with van der Waals surface area (Å²) in [7, 11) is 0. The van der Waals surface area contributed by atoms with Crippen molar-refractivity contribution in [1.29, 1.82) is 0 Å². The van der Waals surface area contributed by atoms with E-state index in [0.29, 0.717) is 39.6 Å². The zero-order valence-corrected chi connectivity index (χ0v) is 37.2. The monoisotopic (exact) mass is 892 g/mol. The molecule has 0 bridgehead atoms. The van der Waals surface area contributed by atoms with E-state index < -0.39 is 55.3 Å². The normalized spacial score (nSPS) is 24.2. The van der Waals surface area contributed by atoms with Crippen molar-refractivity contribution in [3.8, 4) is 0 Å². The maximum Gasteiger partial charge on any atom is 0.187 e. The smallest absolute Gasteiger partial charge is 0.187 e. The first kappa shape index (κ1) is 47.2. The third-order valence-electron chi connectivity index (χ3n) is 11.5. The highest BCUT2D eigenvalue weighted by molar-refractivity contribution is 5.18. The second-order valence-corrected chi connectivity index (χ2v) is 16.3. The first-order chi connectivity index (χ1) is 32.7. The summed E-state index contributed by atoms with van der Waals surface area (Å²) in [6, 6.07) is 60.3. The Labute approximate surface area is 388 Å². The summed E-state index contributed by atoms with van der Waals surface area (Å²) in [5.41, 5.74) is 6.06. The van der Waals surface area contributed by atoms with E-state index in [1.807, 2.05) is 182 Å². The van der Waals surface area contributed by atoms with E-state index in [1.54, 1.807) is 6.08 Å². The molecule has 2 saturated heterocycles. The van der Waals surface area contributed by atoms with E-state index in [4.69, 9.17) is 47.4 Å². The molecule has 66 heavy (non-hydrogen) atoms. The fraction of sp³-hybridized carbons (Fsp3) is 0.321. The van der Waals surface area contributed by atoms with Crippen LogP contribution >= 0.6 is 0 Å². The molecule has 0 N–H and O–H groups in total. The molecule has 0 aliphatic carbocycles. The third kappa shape index (κ3) is 13.9. The van der Waals surface area contributed by atoms with Crippen molar-refractivity contribution in [3.05, 3.63) is 228 Å². The minimum absolute atomic E-state index is 0.0286. The fourth-order valence-electron chi connectivity index (χ4n) is 8.08. The van der Waals surface area contributed by atoms with Gasteiger partial charge in [0.25, 0.3) is 0 Å². The van der Waals surface area contributed by atoms with Gasteiger partial charge in [0.2, 0.25) is 0 Å². The molecule has 0 unspecified atom stereocenters. The Bertz CT molecular complexity index is 2240. The molecule has 9 atom stereocenters. The molecular weight excluding hydrogens is 833 g/mol. The van der Waals surface area contributed by atoms with Crippen LogP contribution in [0.4, 0.5) is 0 Å². The van der Waals surface area contributed by atoms with E-state index in [9.17, 15) is 0 Å². The highest BCUT2D eigenvalue weighted by atomic mass is 16.7. The van der Waals surface area contributed by atoms with Crippen LogP contribution in [0.15, 0.2) is 195 Å². The van der Waals surface area contributed by atoms with Crippen molar-refractivity contribution >= 4 is 0 Å². The lowest BCUT2D eigenvalue weighted by atomic mass is 9.97. The van der Waals surface area contributed by atoms with Gasteiger partial charge in [0, 0.05) is 0 Å². The maximum absolute atomic E-state index is 6.90. The molecule has 0 aromatic heterocycles. The van der Waals surface area contributed by atoms with E-state index in [1.165, 1.54) is 0 Å². The van der Waals surface area contributed by atoms with Gasteiger partial charge in [-0.2, -0.15) is 0 Å². The Balaban J connectivity index is 1.09. The van der Waals surface area contributed by atoms with E-state index in [-0.39, 0.29) is 19.8 Å². The van der Waals surface area contributed by atoms with Crippen molar-refractivity contribution in [2.45, 2.75) is 94.9 Å². The molecule has 10 heteroatoms. The van der Waals surface area contributed by atoms with Crippen LogP contribution in [0.2, 0.25) is 0 Å². The van der Waals surface area contributed by atoms with Gasteiger partial charge < -0.3 is 47.4 Å². The minimum atomic E-state index is -0.882. The fourth-order valence-corrected chi connectivity index (χ4v) is 8.08. The summed E-state index contributed by atoms with van der Waals surface area (Å²) < 4.78 is 67.5. The van der Waals surface area contributed by atoms with Crippen LogP contribution in [0.1, 0.15) is 33.4 Å². The largest absolute Gasteiger partial charge is 0.368 e. The first-order valence-corrected chi connectivity index (χ1v) is 22.7. The Morgan fingerprint density at radius 1 is 0.379 bits per heavy atom. The lowest BCUT2D eigenvalue weighted by Crippen LogP contribution is -2.62. The molecule has 2 heterocycles. The lowest BCUT2D eigenvalue weighted by Gasteiger charge is -2.46. The van der Waals surface area contributed by atoms with Crippen LogP contribution in [0.25, 0.3) is 0 Å². The Morgan fingerprint density at radius 2 is 0.727 bits per heavy atom. The van der Waals surface area contributed by atoms with Gasteiger partial charge in [0.1, 0.15) is 42.7 Å². The van der Waals surface area contributed by atoms with Crippen LogP contribution in [0, 0.1) is 0 Å². The molecule has 2 aliphatic heterocycles. The summed E-state index contributed by atoms with van der Waals surface area (Å²) in [6.07, 6.45) is -4.57. The summed E-state index contributed by atoms with van der Waals surface area (Å²) >= 11 is 0. The Hall–Kier alpha value is -5.34. The quantitative estimate of drug-likeness (QED) is 0.0547. The number of ether oxygens (including phenoxy) is 10. The Kier molecular flexibility index (Phi) is 18.2. The second kappa shape index (κ2) is 25.5. The topological polar surface area (TPSA) is 92.3 Å². The molecule has 344 valence electrons. The predicted octanol–water partition coefficient (Wildman–Crippen LogP) is 9.80. The van der Waals surface area contributed by atoms with Gasteiger partial charge in [-0.25, -0.2) is 0 Å². The van der Waals surface area contributed by atoms with Gasteiger partial charge in [0.15, 0.2) is 12.6 Å². The lowest BCUT2D eigenvalue weighted by molar-refractivity contribution is -0.342. The molecular formula is C56H60O10. The molecule has 2 aliphatic rings. The van der Waals surface area contributed by atoms with Gasteiger partial charge in [-0.05, 0) is 33.4 Å². The van der Waals surface area contributed by atoms with Crippen LogP contribution in [0.3, 0.4) is 0 Å². The van der Waals surface area contributed by atoms with Gasteiger partial charge in [-0.15, -0.1) is 6.58 Å². The predicted molar refractivity (Wildman–Crippen MR) is 251 cm³/mol. The average Bonchev–Trinajstić information content (AvgIpc) is 3.38. The third-order valence-corrected chi connectivity index (χ3v) is 11.5. The second-order valence-electron chi connectivity index (χ2n) is 16.3. The molecule has 0 amide bonds. The zero-order chi connectivity index (χ0) is 45.0. The molecule has 8 rings (SSSR count). The first-order valence-electron chi connectivity index (χ1n) is 22.7. The van der Waals surface area contributed by atoms with Crippen molar-refractivity contribution < 1.29 is 47.4 Å². The van der Waals surface area contributed by atoms with Crippen molar-refractivity contribution in [3.63, 3.8) is 0 Å². The van der Waals surface area contributed by atoms with Crippen LogP contribution < -0.4 is 0 Å². The van der Waals surface area contributed by atoms with Gasteiger partial charge in [0.05, 0.1) is 59.5 Å². The van der Waals surface area contributed by atoms with Crippen molar-refractivity contribution in [1.82, 2.24) is 0 Å². The van der Waals surface area contributed by atoms with Crippen molar-refractivity contribution in [2.75, 3.05) is 19.8 Å². The minimum Gasteiger partial charge on any atom is -0.368 e. The Morgan fingerprint density at radius 3 is 1.14 bits per heavy atom. The molecule has 6 aromatic rings. The maximum atomic E-state index is 6.90. The molecule has 6 aromatic carbocycles. The van der Waals surface area contributed by atoms with E-state index in [0.717, 1.165) is 33.4 Å². The SMILES string of the molecule is C=CCO[C@H]1O[C@H](CO[C@H]2OC[C@@H](OCc3ccccc3)[C@H](OCc3ccccc3)[C@H]2OCc2ccccc2)[C@@H](OCc2ccccc2)[C@H](OCc2ccccc2)[C@H]1OCc1ccccc1.